The molecule has 0 aliphatic heterocycles. The van der Waals surface area contributed by atoms with E-state index < -0.39 is 38.4 Å². The maximum absolute atomic E-state index is 12.6. The van der Waals surface area contributed by atoms with Crippen LogP contribution in [-0.4, -0.2) is 49.2 Å². The monoisotopic (exact) mass is 489 g/mol. The molecule has 0 saturated carbocycles. The smallest absolute Gasteiger partial charge is 0.407 e. The summed E-state index contributed by atoms with van der Waals surface area (Å²) in [4.78, 5) is 24.9. The van der Waals surface area contributed by atoms with Gasteiger partial charge in [0, 0.05) is 5.92 Å². The molecule has 0 saturated heterocycles. The number of ether oxygens (including phenoxy) is 1. The first kappa shape index (κ1) is 25.9. The Kier molecular flexibility index (Phi) is 7.86. The summed E-state index contributed by atoms with van der Waals surface area (Å²) in [5.74, 6) is -1.22. The Morgan fingerprint density at radius 1 is 1.06 bits per heavy atom. The van der Waals surface area contributed by atoms with E-state index in [2.05, 4.69) is 5.32 Å². The standard InChI is InChI=1S/C25H32NO7P/c1-16(25(2,3)4)32-34(5,30)33-23(28)22(14-27)26-24(29)31-15-21-19-12-8-6-10-17(19)18-11-7-9-13-20(18)21/h6-13,16,21-22,27H,14-15H2,1-5H3,(H,26,29)/t16?,22-,34?/m0/s1. The van der Waals surface area contributed by atoms with Crippen molar-refractivity contribution in [2.45, 2.75) is 45.8 Å². The molecule has 1 amide bonds. The van der Waals surface area contributed by atoms with Crippen molar-refractivity contribution in [3.8, 4) is 11.1 Å². The average Bonchev–Trinajstić information content (AvgIpc) is 3.08. The SMILES string of the molecule is CC(OP(C)(=O)OC(=O)[C@H](CO)NC(=O)OCC1c2ccccc2-c2ccccc21)C(C)(C)C. The number of hydrogen-bond donors (Lipinski definition) is 2. The first-order valence-corrected chi connectivity index (χ1v) is 13.1. The van der Waals surface area contributed by atoms with Crippen molar-refractivity contribution in [3.63, 3.8) is 0 Å². The zero-order chi connectivity index (χ0) is 25.1. The van der Waals surface area contributed by atoms with Crippen LogP contribution in [0, 0.1) is 5.41 Å². The van der Waals surface area contributed by atoms with Gasteiger partial charge in [0.05, 0.1) is 19.4 Å². The van der Waals surface area contributed by atoms with Crippen molar-refractivity contribution in [3.05, 3.63) is 59.7 Å². The number of alkyl carbamates (subject to hydrolysis) is 1. The lowest BCUT2D eigenvalue weighted by Gasteiger charge is -2.29. The zero-order valence-electron chi connectivity index (χ0n) is 20.1. The Morgan fingerprint density at radius 3 is 2.09 bits per heavy atom. The molecular weight excluding hydrogens is 457 g/mol. The molecular formula is C25H32NO7P. The van der Waals surface area contributed by atoms with Crippen molar-refractivity contribution in [1.29, 1.82) is 0 Å². The Morgan fingerprint density at radius 2 is 1.59 bits per heavy atom. The molecule has 0 bridgehead atoms. The van der Waals surface area contributed by atoms with Gasteiger partial charge in [0.25, 0.3) is 0 Å². The molecule has 8 nitrogen and oxygen atoms in total. The molecule has 1 aliphatic rings. The van der Waals surface area contributed by atoms with E-state index in [1.807, 2.05) is 69.3 Å². The van der Waals surface area contributed by atoms with Crippen LogP contribution in [0.4, 0.5) is 4.79 Å². The first-order chi connectivity index (χ1) is 15.9. The number of rotatable bonds is 8. The maximum atomic E-state index is 12.6. The van der Waals surface area contributed by atoms with Crippen LogP contribution < -0.4 is 5.32 Å². The normalized spacial score (nSPS) is 16.5. The van der Waals surface area contributed by atoms with Gasteiger partial charge < -0.3 is 19.7 Å². The highest BCUT2D eigenvalue weighted by Crippen LogP contribution is 2.48. The molecule has 2 N–H and O–H groups in total. The lowest BCUT2D eigenvalue weighted by Crippen LogP contribution is -2.44. The molecule has 1 aliphatic carbocycles. The Bertz CT molecular complexity index is 1050. The molecule has 2 unspecified atom stereocenters. The molecule has 0 radical (unpaired) electrons. The van der Waals surface area contributed by atoms with E-state index in [-0.39, 0.29) is 17.9 Å². The van der Waals surface area contributed by atoms with Crippen LogP contribution in [0.15, 0.2) is 48.5 Å². The molecule has 0 fully saturated rings. The Balaban J connectivity index is 1.60. The van der Waals surface area contributed by atoms with Gasteiger partial charge in [0.2, 0.25) is 0 Å². The van der Waals surface area contributed by atoms with E-state index in [1.54, 1.807) is 6.92 Å². The minimum atomic E-state index is -3.77. The van der Waals surface area contributed by atoms with Crippen molar-refractivity contribution < 1.29 is 33.0 Å². The summed E-state index contributed by atoms with van der Waals surface area (Å²) in [6.07, 6.45) is -1.36. The van der Waals surface area contributed by atoms with Crippen molar-refractivity contribution in [1.82, 2.24) is 5.32 Å². The van der Waals surface area contributed by atoms with Gasteiger partial charge in [-0.1, -0.05) is 69.3 Å². The van der Waals surface area contributed by atoms with E-state index in [1.165, 1.54) is 6.66 Å². The van der Waals surface area contributed by atoms with Crippen LogP contribution in [0.5, 0.6) is 0 Å². The second-order valence-corrected chi connectivity index (χ2v) is 11.4. The van der Waals surface area contributed by atoms with E-state index in [0.29, 0.717) is 0 Å². The van der Waals surface area contributed by atoms with Crippen molar-refractivity contribution >= 4 is 19.7 Å². The van der Waals surface area contributed by atoms with Crippen LogP contribution in [0.2, 0.25) is 0 Å². The zero-order valence-corrected chi connectivity index (χ0v) is 21.0. The lowest BCUT2D eigenvalue weighted by molar-refractivity contribution is -0.138. The topological polar surface area (TPSA) is 111 Å². The van der Waals surface area contributed by atoms with Gasteiger partial charge in [0.1, 0.15) is 6.61 Å². The van der Waals surface area contributed by atoms with Gasteiger partial charge >= 0.3 is 19.7 Å². The summed E-state index contributed by atoms with van der Waals surface area (Å²) >= 11 is 0. The number of amides is 1. The van der Waals surface area contributed by atoms with Crippen molar-refractivity contribution in [2.75, 3.05) is 19.9 Å². The summed E-state index contributed by atoms with van der Waals surface area (Å²) in [7, 11) is -3.77. The van der Waals surface area contributed by atoms with Gasteiger partial charge in [0.15, 0.2) is 6.04 Å². The lowest BCUT2D eigenvalue weighted by atomic mass is 9.91. The van der Waals surface area contributed by atoms with Crippen LogP contribution >= 0.6 is 7.60 Å². The molecule has 34 heavy (non-hydrogen) atoms. The summed E-state index contributed by atoms with van der Waals surface area (Å²) in [5.41, 5.74) is 3.95. The fourth-order valence-corrected chi connectivity index (χ4v) is 5.04. The maximum Gasteiger partial charge on any atom is 0.407 e. The predicted octanol–water partition coefficient (Wildman–Crippen LogP) is 4.70. The fourth-order valence-electron chi connectivity index (χ4n) is 3.66. The summed E-state index contributed by atoms with van der Waals surface area (Å²) < 4.78 is 28.5. The van der Waals surface area contributed by atoms with E-state index in [0.717, 1.165) is 22.3 Å². The van der Waals surface area contributed by atoms with E-state index >= 15 is 0 Å². The quantitative estimate of drug-likeness (QED) is 0.517. The number of aliphatic hydroxyl groups excluding tert-OH is 1. The number of aliphatic hydroxyl groups is 1. The number of nitrogens with one attached hydrogen (secondary N) is 1. The second-order valence-electron chi connectivity index (χ2n) is 9.50. The molecule has 0 spiro atoms. The summed E-state index contributed by atoms with van der Waals surface area (Å²) in [5, 5.41) is 11.9. The fraction of sp³-hybridized carbons (Fsp3) is 0.440. The highest BCUT2D eigenvalue weighted by atomic mass is 31.2. The number of fused-ring (bicyclic) bond motifs is 3. The van der Waals surface area contributed by atoms with E-state index in [9.17, 15) is 19.3 Å². The molecule has 9 heteroatoms. The third kappa shape index (κ3) is 6.06. The molecule has 3 rings (SSSR count). The number of benzene rings is 2. The van der Waals surface area contributed by atoms with Crippen LogP contribution in [0.25, 0.3) is 11.1 Å². The molecule has 2 aromatic carbocycles. The van der Waals surface area contributed by atoms with E-state index in [4.69, 9.17) is 13.8 Å². The van der Waals surface area contributed by atoms with Crippen LogP contribution in [0.3, 0.4) is 0 Å². The molecule has 2 aromatic rings. The number of carbonyl (C=O) groups is 2. The molecule has 0 heterocycles. The minimum absolute atomic E-state index is 0.0472. The largest absolute Gasteiger partial charge is 0.449 e. The first-order valence-electron chi connectivity index (χ1n) is 11.1. The predicted molar refractivity (Wildman–Crippen MR) is 129 cm³/mol. The van der Waals surface area contributed by atoms with Gasteiger partial charge in [-0.25, -0.2) is 14.2 Å². The third-order valence-corrected chi connectivity index (χ3v) is 7.14. The number of hydrogen-bond acceptors (Lipinski definition) is 7. The van der Waals surface area contributed by atoms with Gasteiger partial charge in [-0.05, 0) is 34.6 Å². The summed E-state index contributed by atoms with van der Waals surface area (Å²) in [6.45, 7) is 7.89. The van der Waals surface area contributed by atoms with Gasteiger partial charge in [-0.2, -0.15) is 0 Å². The van der Waals surface area contributed by atoms with Gasteiger partial charge in [-0.15, -0.1) is 0 Å². The molecule has 0 aromatic heterocycles. The molecule has 184 valence electrons. The highest BCUT2D eigenvalue weighted by molar-refractivity contribution is 7.53. The molecule has 3 atom stereocenters. The second kappa shape index (κ2) is 10.3. The summed E-state index contributed by atoms with van der Waals surface area (Å²) in [6, 6.07) is 14.4. The van der Waals surface area contributed by atoms with Crippen LogP contribution in [0.1, 0.15) is 44.7 Å². The Hall–Kier alpha value is -2.67. The highest BCUT2D eigenvalue weighted by Gasteiger charge is 2.34. The average molecular weight is 490 g/mol. The van der Waals surface area contributed by atoms with Crippen molar-refractivity contribution in [2.24, 2.45) is 5.41 Å². The number of carbonyl (C=O) groups excluding carboxylic acids is 2. The Labute approximate surface area is 200 Å². The third-order valence-electron chi connectivity index (χ3n) is 5.93. The minimum Gasteiger partial charge on any atom is -0.449 e. The van der Waals surface area contributed by atoms with Gasteiger partial charge in [-0.3, -0.25) is 4.52 Å². The van der Waals surface area contributed by atoms with Crippen LogP contribution in [-0.2, 0) is 23.1 Å².